The zero-order chi connectivity index (χ0) is 20.1. The number of rotatable bonds is 2. The number of fused-ring (bicyclic) bond motifs is 3. The number of hydrogen-bond acceptors (Lipinski definition) is 5. The van der Waals surface area contributed by atoms with Crippen LogP contribution in [0.3, 0.4) is 0 Å². The highest BCUT2D eigenvalue weighted by molar-refractivity contribution is 6.39. The van der Waals surface area contributed by atoms with Gasteiger partial charge < -0.3 is 25.3 Å². The number of phenols is 1. The SMILES string of the molecule is OC1=C2Nc3ccccc3N2CN(c2c(Cl)cccc2Cl)[C@@H]1c1ccccc1O. The first kappa shape index (κ1) is 18.0. The van der Waals surface area contributed by atoms with E-state index >= 15 is 0 Å². The Balaban J connectivity index is 1.74. The third kappa shape index (κ3) is 2.77. The van der Waals surface area contributed by atoms with Crippen LogP contribution >= 0.6 is 23.2 Å². The van der Waals surface area contributed by atoms with E-state index in [1.54, 1.807) is 36.4 Å². The molecule has 0 saturated heterocycles. The molecule has 0 fully saturated rings. The van der Waals surface area contributed by atoms with Crippen molar-refractivity contribution in [2.75, 3.05) is 21.8 Å². The van der Waals surface area contributed by atoms with Gasteiger partial charge in [0.1, 0.15) is 11.8 Å². The molecule has 3 aromatic rings. The molecule has 5 rings (SSSR count). The Morgan fingerprint density at radius 3 is 2.31 bits per heavy atom. The van der Waals surface area contributed by atoms with Gasteiger partial charge in [0.05, 0.1) is 33.8 Å². The molecule has 5 nitrogen and oxygen atoms in total. The summed E-state index contributed by atoms with van der Waals surface area (Å²) in [6, 6.07) is 19.4. The number of aliphatic hydroxyl groups is 1. The fourth-order valence-corrected chi connectivity index (χ4v) is 4.60. The predicted molar refractivity (Wildman–Crippen MR) is 117 cm³/mol. The molecular formula is C22H17Cl2N3O2. The second-order valence-corrected chi connectivity index (χ2v) is 7.76. The molecule has 7 heteroatoms. The monoisotopic (exact) mass is 425 g/mol. The van der Waals surface area contributed by atoms with Gasteiger partial charge in [-0.1, -0.05) is 59.6 Å². The smallest absolute Gasteiger partial charge is 0.161 e. The lowest BCUT2D eigenvalue weighted by atomic mass is 9.99. The second kappa shape index (κ2) is 6.79. The molecular weight excluding hydrogens is 409 g/mol. The maximum Gasteiger partial charge on any atom is 0.161 e. The minimum Gasteiger partial charge on any atom is -0.508 e. The highest BCUT2D eigenvalue weighted by atomic mass is 35.5. The van der Waals surface area contributed by atoms with Crippen LogP contribution in [0.4, 0.5) is 17.1 Å². The molecule has 1 atom stereocenters. The Hall–Kier alpha value is -3.02. The molecule has 2 aliphatic heterocycles. The summed E-state index contributed by atoms with van der Waals surface area (Å²) in [5.74, 6) is 0.741. The van der Waals surface area contributed by atoms with Gasteiger partial charge in [0.25, 0.3) is 0 Å². The average molecular weight is 426 g/mol. The number of benzene rings is 3. The fraction of sp³-hybridized carbons (Fsp3) is 0.0909. The molecule has 2 aliphatic rings. The number of nitrogens with one attached hydrogen (secondary N) is 1. The van der Waals surface area contributed by atoms with E-state index in [2.05, 4.69) is 5.32 Å². The number of hydrogen-bond donors (Lipinski definition) is 3. The lowest BCUT2D eigenvalue weighted by molar-refractivity contribution is 0.337. The minimum atomic E-state index is -0.665. The molecule has 0 amide bonds. The normalized spacial score (nSPS) is 17.8. The van der Waals surface area contributed by atoms with Gasteiger partial charge in [0.2, 0.25) is 0 Å². The summed E-state index contributed by atoms with van der Waals surface area (Å²) in [6.07, 6.45) is 0. The molecule has 3 N–H and O–H groups in total. The quantitative estimate of drug-likeness (QED) is 0.478. The van der Waals surface area contributed by atoms with E-state index < -0.39 is 6.04 Å². The first-order valence-electron chi connectivity index (χ1n) is 9.11. The van der Waals surface area contributed by atoms with Crippen molar-refractivity contribution in [3.63, 3.8) is 0 Å². The van der Waals surface area contributed by atoms with Crippen molar-refractivity contribution in [1.29, 1.82) is 0 Å². The Kier molecular flexibility index (Phi) is 4.23. The molecule has 3 aromatic carbocycles. The number of nitrogens with zero attached hydrogens (tertiary/aromatic N) is 2. The first-order valence-corrected chi connectivity index (χ1v) is 9.87. The molecule has 0 bridgehead atoms. The predicted octanol–water partition coefficient (Wildman–Crippen LogP) is 5.88. The molecule has 0 spiro atoms. The summed E-state index contributed by atoms with van der Waals surface area (Å²) >= 11 is 13.1. The molecule has 146 valence electrons. The summed E-state index contributed by atoms with van der Waals surface area (Å²) in [6.45, 7) is 0.381. The maximum atomic E-state index is 11.3. The average Bonchev–Trinajstić information content (AvgIpc) is 3.08. The van der Waals surface area contributed by atoms with E-state index in [1.165, 1.54) is 0 Å². The van der Waals surface area contributed by atoms with Crippen molar-refractivity contribution in [3.05, 3.63) is 93.9 Å². The Bertz CT molecular complexity index is 1130. The van der Waals surface area contributed by atoms with Gasteiger partial charge in [-0.15, -0.1) is 0 Å². The van der Waals surface area contributed by atoms with Crippen LogP contribution in [0.25, 0.3) is 0 Å². The van der Waals surface area contributed by atoms with Crippen LogP contribution in [0.15, 0.2) is 78.3 Å². The molecule has 0 saturated carbocycles. The van der Waals surface area contributed by atoms with E-state index in [-0.39, 0.29) is 11.5 Å². The number of phenolic OH excluding ortho intramolecular Hbond substituents is 1. The minimum absolute atomic E-state index is 0.0740. The van der Waals surface area contributed by atoms with Crippen molar-refractivity contribution >= 4 is 40.3 Å². The van der Waals surface area contributed by atoms with E-state index in [9.17, 15) is 10.2 Å². The zero-order valence-corrected chi connectivity index (χ0v) is 16.7. The highest BCUT2D eigenvalue weighted by Crippen LogP contribution is 2.49. The number of aromatic hydroxyl groups is 1. The van der Waals surface area contributed by atoms with Gasteiger partial charge >= 0.3 is 0 Å². The number of aliphatic hydroxyl groups excluding tert-OH is 1. The van der Waals surface area contributed by atoms with Gasteiger partial charge in [-0.3, -0.25) is 0 Å². The Morgan fingerprint density at radius 1 is 0.862 bits per heavy atom. The van der Waals surface area contributed by atoms with Gasteiger partial charge in [0, 0.05) is 5.56 Å². The lowest BCUT2D eigenvalue weighted by Crippen LogP contribution is -2.46. The summed E-state index contributed by atoms with van der Waals surface area (Å²) in [5.41, 5.74) is 3.00. The Labute approximate surface area is 178 Å². The largest absolute Gasteiger partial charge is 0.508 e. The van der Waals surface area contributed by atoms with Crippen molar-refractivity contribution in [3.8, 4) is 5.75 Å². The van der Waals surface area contributed by atoms with Crippen molar-refractivity contribution in [2.45, 2.75) is 6.04 Å². The lowest BCUT2D eigenvalue weighted by Gasteiger charge is -2.42. The van der Waals surface area contributed by atoms with Crippen LogP contribution in [0.5, 0.6) is 5.75 Å². The molecule has 29 heavy (non-hydrogen) atoms. The van der Waals surface area contributed by atoms with E-state index in [0.717, 1.165) is 11.4 Å². The summed E-state index contributed by atoms with van der Waals surface area (Å²) in [4.78, 5) is 3.88. The number of halogens is 2. The van der Waals surface area contributed by atoms with Crippen molar-refractivity contribution in [1.82, 2.24) is 0 Å². The standard InChI is InChI=1S/C22H17Cl2N3O2/c23-14-7-5-8-15(24)20(14)27-12-26-17-10-3-2-9-16(17)25-22(26)21(29)19(27)13-6-1-4-11-18(13)28/h1-11,19,25,28-29H,12H2/t19-/m1/s1. The van der Waals surface area contributed by atoms with Crippen LogP contribution in [-0.2, 0) is 0 Å². The van der Waals surface area contributed by atoms with Crippen molar-refractivity contribution < 1.29 is 10.2 Å². The number of anilines is 3. The third-order valence-electron chi connectivity index (χ3n) is 5.28. The van der Waals surface area contributed by atoms with Gasteiger partial charge in [0.15, 0.2) is 11.6 Å². The van der Waals surface area contributed by atoms with E-state index in [1.807, 2.05) is 40.1 Å². The van der Waals surface area contributed by atoms with Crippen LogP contribution in [0, 0.1) is 0 Å². The third-order valence-corrected chi connectivity index (χ3v) is 5.89. The van der Waals surface area contributed by atoms with Crippen LogP contribution in [-0.4, -0.2) is 16.9 Å². The van der Waals surface area contributed by atoms with Gasteiger partial charge in [-0.25, -0.2) is 0 Å². The highest BCUT2D eigenvalue weighted by Gasteiger charge is 2.41. The summed E-state index contributed by atoms with van der Waals surface area (Å²) in [7, 11) is 0. The van der Waals surface area contributed by atoms with Crippen LogP contribution < -0.4 is 15.1 Å². The van der Waals surface area contributed by atoms with Crippen LogP contribution in [0.2, 0.25) is 10.0 Å². The van der Waals surface area contributed by atoms with E-state index in [4.69, 9.17) is 23.2 Å². The molecule has 0 aromatic heterocycles. The zero-order valence-electron chi connectivity index (χ0n) is 15.2. The summed E-state index contributed by atoms with van der Waals surface area (Å²) in [5, 5.41) is 26.1. The Morgan fingerprint density at radius 2 is 1.55 bits per heavy atom. The van der Waals surface area contributed by atoms with E-state index in [0.29, 0.717) is 33.8 Å². The van der Waals surface area contributed by atoms with Crippen molar-refractivity contribution in [2.24, 2.45) is 0 Å². The molecule has 0 aliphatic carbocycles. The molecule has 0 radical (unpaired) electrons. The first-order chi connectivity index (χ1) is 14.1. The number of para-hydroxylation sites is 4. The van der Waals surface area contributed by atoms with Gasteiger partial charge in [-0.05, 0) is 30.3 Å². The molecule has 2 heterocycles. The van der Waals surface area contributed by atoms with Crippen LogP contribution in [0.1, 0.15) is 11.6 Å². The topological polar surface area (TPSA) is 59.0 Å². The van der Waals surface area contributed by atoms with Gasteiger partial charge in [-0.2, -0.15) is 0 Å². The summed E-state index contributed by atoms with van der Waals surface area (Å²) < 4.78 is 0. The second-order valence-electron chi connectivity index (χ2n) is 6.95. The fourth-order valence-electron chi connectivity index (χ4n) is 3.99. The molecule has 0 unspecified atom stereocenters. The maximum absolute atomic E-state index is 11.3.